The molecule has 1 aromatic rings. The van der Waals surface area contributed by atoms with E-state index in [0.717, 1.165) is 5.56 Å². The first-order valence-corrected chi connectivity index (χ1v) is 7.36. The summed E-state index contributed by atoms with van der Waals surface area (Å²) in [7, 11) is -3.95. The van der Waals surface area contributed by atoms with Crippen molar-refractivity contribution in [3.63, 3.8) is 0 Å². The summed E-state index contributed by atoms with van der Waals surface area (Å²) in [5.74, 6) is 0. The number of benzene rings is 1. The first kappa shape index (κ1) is 14.4. The van der Waals surface area contributed by atoms with Crippen molar-refractivity contribution in [3.8, 4) is 0 Å². The van der Waals surface area contributed by atoms with E-state index < -0.39 is 16.3 Å². The number of aliphatic hydroxyl groups excluding tert-OH is 1. The largest absolute Gasteiger partial charge is 0.392 e. The first-order valence-electron chi connectivity index (χ1n) is 5.95. The molecule has 1 fully saturated rings. The molecular formula is C12H17NO5S. The molecule has 0 bridgehead atoms. The molecule has 3 N–H and O–H groups in total. The Hall–Kier alpha value is -0.990. The highest BCUT2D eigenvalue weighted by Crippen LogP contribution is 2.21. The van der Waals surface area contributed by atoms with Gasteiger partial charge in [0.25, 0.3) is 10.1 Å². The Morgan fingerprint density at radius 2 is 2.26 bits per heavy atom. The van der Waals surface area contributed by atoms with Crippen molar-refractivity contribution < 1.29 is 22.4 Å². The lowest BCUT2D eigenvalue weighted by Crippen LogP contribution is -2.46. The molecule has 0 saturated carbocycles. The van der Waals surface area contributed by atoms with Crippen molar-refractivity contribution in [2.75, 3.05) is 6.61 Å². The van der Waals surface area contributed by atoms with E-state index in [0.29, 0.717) is 18.6 Å². The summed E-state index contributed by atoms with van der Waals surface area (Å²) in [4.78, 5) is -0.0167. The van der Waals surface area contributed by atoms with Crippen molar-refractivity contribution >= 4 is 10.1 Å². The van der Waals surface area contributed by atoms with E-state index in [1.165, 1.54) is 12.1 Å². The van der Waals surface area contributed by atoms with Gasteiger partial charge in [-0.2, -0.15) is 8.42 Å². The zero-order chi connectivity index (χ0) is 14.0. The van der Waals surface area contributed by atoms with E-state index in [1.54, 1.807) is 13.0 Å². The van der Waals surface area contributed by atoms with Gasteiger partial charge < -0.3 is 15.6 Å². The highest BCUT2D eigenvalue weighted by Gasteiger charge is 2.31. The van der Waals surface area contributed by atoms with Gasteiger partial charge in [0.2, 0.25) is 0 Å². The van der Waals surface area contributed by atoms with E-state index in [2.05, 4.69) is 0 Å². The molecule has 7 heteroatoms. The number of hydrogen-bond donors (Lipinski definition) is 2. The summed E-state index contributed by atoms with van der Waals surface area (Å²) in [5, 5.41) is 9.15. The molecule has 1 saturated heterocycles. The molecule has 106 valence electrons. The lowest BCUT2D eigenvalue weighted by Gasteiger charge is -2.30. The second-order valence-electron chi connectivity index (χ2n) is 4.46. The molecule has 6 nitrogen and oxygen atoms in total. The van der Waals surface area contributed by atoms with Crippen LogP contribution in [0.3, 0.4) is 0 Å². The summed E-state index contributed by atoms with van der Waals surface area (Å²) in [6, 6.07) is 4.43. The number of rotatable bonds is 5. The molecule has 2 rings (SSSR count). The smallest absolute Gasteiger partial charge is 0.298 e. The lowest BCUT2D eigenvalue weighted by atomic mass is 10.1. The molecule has 1 aromatic carbocycles. The molecule has 1 heterocycles. The fourth-order valence-corrected chi connectivity index (χ4v) is 2.80. The van der Waals surface area contributed by atoms with Crippen LogP contribution in [-0.2, 0) is 25.6 Å². The van der Waals surface area contributed by atoms with Gasteiger partial charge in [0, 0.05) is 13.0 Å². The molecule has 0 spiro atoms. The summed E-state index contributed by atoms with van der Waals surface area (Å²) in [6.07, 6.45) is -0.692. The monoisotopic (exact) mass is 287 g/mol. The van der Waals surface area contributed by atoms with Crippen molar-refractivity contribution in [1.29, 1.82) is 0 Å². The van der Waals surface area contributed by atoms with Gasteiger partial charge in [0.1, 0.15) is 6.10 Å². The van der Waals surface area contributed by atoms with Gasteiger partial charge in [-0.05, 0) is 30.2 Å². The van der Waals surface area contributed by atoms with Crippen LogP contribution in [0.2, 0.25) is 0 Å². The minimum Gasteiger partial charge on any atom is -0.392 e. The minimum absolute atomic E-state index is 0.0167. The van der Waals surface area contributed by atoms with Crippen LogP contribution in [0.1, 0.15) is 17.5 Å². The van der Waals surface area contributed by atoms with E-state index in [-0.39, 0.29) is 17.6 Å². The van der Waals surface area contributed by atoms with Crippen LogP contribution in [-0.4, -0.2) is 32.5 Å². The SMILES string of the molecule is Cc1ccc(S(=O)(=O)O[C@H](N)C2CCO2)cc1CO. The van der Waals surface area contributed by atoms with Crippen molar-refractivity contribution in [2.45, 2.75) is 37.2 Å². The average molecular weight is 287 g/mol. The number of aryl methyl sites for hydroxylation is 1. The molecule has 1 unspecified atom stereocenters. The number of hydrogen-bond acceptors (Lipinski definition) is 6. The summed E-state index contributed by atoms with van der Waals surface area (Å²) < 4.78 is 34.0. The van der Waals surface area contributed by atoms with Crippen LogP contribution in [0.5, 0.6) is 0 Å². The topological polar surface area (TPSA) is 98.9 Å². The van der Waals surface area contributed by atoms with Crippen molar-refractivity contribution in [1.82, 2.24) is 0 Å². The van der Waals surface area contributed by atoms with E-state index >= 15 is 0 Å². The molecule has 19 heavy (non-hydrogen) atoms. The third-order valence-electron chi connectivity index (χ3n) is 3.12. The first-order chi connectivity index (χ1) is 8.94. The third-order valence-corrected chi connectivity index (χ3v) is 4.43. The predicted octanol–water partition coefficient (Wildman–Crippen LogP) is 0.266. The minimum atomic E-state index is -3.95. The van der Waals surface area contributed by atoms with Gasteiger partial charge in [0.05, 0.1) is 11.5 Å². The van der Waals surface area contributed by atoms with Crippen LogP contribution < -0.4 is 5.73 Å². The van der Waals surface area contributed by atoms with Crippen LogP contribution in [0.25, 0.3) is 0 Å². The zero-order valence-corrected chi connectivity index (χ0v) is 11.4. The number of aliphatic hydroxyl groups is 1. The Kier molecular flexibility index (Phi) is 4.22. The third kappa shape index (κ3) is 3.13. The quantitative estimate of drug-likeness (QED) is 0.595. The van der Waals surface area contributed by atoms with E-state index in [4.69, 9.17) is 19.8 Å². The maximum Gasteiger partial charge on any atom is 0.298 e. The van der Waals surface area contributed by atoms with Crippen molar-refractivity contribution in [3.05, 3.63) is 29.3 Å². The lowest BCUT2D eigenvalue weighted by molar-refractivity contribution is -0.104. The van der Waals surface area contributed by atoms with Crippen LogP contribution in [0, 0.1) is 6.92 Å². The van der Waals surface area contributed by atoms with Crippen molar-refractivity contribution in [2.24, 2.45) is 5.73 Å². The maximum absolute atomic E-state index is 12.0. The molecule has 1 aliphatic heterocycles. The Morgan fingerprint density at radius 1 is 1.58 bits per heavy atom. The normalized spacial score (nSPS) is 20.9. The fraction of sp³-hybridized carbons (Fsp3) is 0.500. The van der Waals surface area contributed by atoms with Crippen LogP contribution in [0.4, 0.5) is 0 Å². The Morgan fingerprint density at radius 3 is 2.79 bits per heavy atom. The average Bonchev–Trinajstić information content (AvgIpc) is 2.26. The molecule has 0 aromatic heterocycles. The second kappa shape index (κ2) is 5.56. The summed E-state index contributed by atoms with van der Waals surface area (Å²) >= 11 is 0. The highest BCUT2D eigenvalue weighted by atomic mass is 32.2. The number of nitrogens with two attached hydrogens (primary N) is 1. The van der Waals surface area contributed by atoms with Gasteiger partial charge in [-0.25, -0.2) is 4.18 Å². The molecular weight excluding hydrogens is 270 g/mol. The standard InChI is InChI=1S/C12H17NO5S/c1-8-2-3-10(6-9(8)7-14)19(15,16)18-12(13)11-4-5-17-11/h2-3,6,11-12,14H,4-5,7,13H2,1H3/t11?,12-/m0/s1. The summed E-state index contributed by atoms with van der Waals surface area (Å²) in [6.45, 7) is 2.13. The summed E-state index contributed by atoms with van der Waals surface area (Å²) in [5.41, 5.74) is 6.98. The zero-order valence-electron chi connectivity index (χ0n) is 10.6. The molecule has 1 aliphatic rings. The van der Waals surface area contributed by atoms with Gasteiger partial charge in [-0.15, -0.1) is 0 Å². The Labute approximate surface area is 112 Å². The van der Waals surface area contributed by atoms with E-state index in [1.807, 2.05) is 0 Å². The van der Waals surface area contributed by atoms with E-state index in [9.17, 15) is 8.42 Å². The van der Waals surface area contributed by atoms with Crippen LogP contribution in [0.15, 0.2) is 23.1 Å². The maximum atomic E-state index is 12.0. The number of ether oxygens (including phenoxy) is 1. The van der Waals surface area contributed by atoms with Gasteiger partial charge in [-0.3, -0.25) is 0 Å². The molecule has 0 radical (unpaired) electrons. The molecule has 0 aliphatic carbocycles. The van der Waals surface area contributed by atoms with Gasteiger partial charge >= 0.3 is 0 Å². The molecule has 2 atom stereocenters. The van der Waals surface area contributed by atoms with Crippen LogP contribution >= 0.6 is 0 Å². The van der Waals surface area contributed by atoms with Gasteiger partial charge in [0.15, 0.2) is 6.23 Å². The fourth-order valence-electron chi connectivity index (χ4n) is 1.75. The Balaban J connectivity index is 2.18. The highest BCUT2D eigenvalue weighted by molar-refractivity contribution is 7.86. The van der Waals surface area contributed by atoms with Gasteiger partial charge in [-0.1, -0.05) is 6.07 Å². The molecule has 0 amide bonds. The second-order valence-corrected chi connectivity index (χ2v) is 6.03. The predicted molar refractivity (Wildman–Crippen MR) is 67.7 cm³/mol. The Bertz CT molecular complexity index is 553.